The van der Waals surface area contributed by atoms with Crippen molar-refractivity contribution in [3.05, 3.63) is 0 Å². The Labute approximate surface area is 68.2 Å². The Balaban J connectivity index is 1.98. The second-order valence-electron chi connectivity index (χ2n) is 4.46. The van der Waals surface area contributed by atoms with Gasteiger partial charge < -0.3 is 4.79 Å². The van der Waals surface area contributed by atoms with E-state index in [4.69, 9.17) is 0 Å². The first-order chi connectivity index (χ1) is 5.29. The Hall–Kier alpha value is -0.330. The van der Waals surface area contributed by atoms with Gasteiger partial charge in [-0.1, -0.05) is 6.92 Å². The molecule has 0 heterocycles. The quantitative estimate of drug-likeness (QED) is 0.527. The van der Waals surface area contributed by atoms with Crippen molar-refractivity contribution in [1.29, 1.82) is 0 Å². The van der Waals surface area contributed by atoms with Gasteiger partial charge in [-0.05, 0) is 43.4 Å². The van der Waals surface area contributed by atoms with E-state index in [9.17, 15) is 4.79 Å². The standard InChI is InChI=1S/C10H16O/c1-7-2-9-4-8(6-11)5-10(9)3-7/h6-10H,2-5H2,1H3/t7?,8?,9-,10+. The summed E-state index contributed by atoms with van der Waals surface area (Å²) < 4.78 is 0. The number of hydrogen-bond acceptors (Lipinski definition) is 1. The van der Waals surface area contributed by atoms with E-state index in [1.807, 2.05) is 0 Å². The monoisotopic (exact) mass is 152 g/mol. The minimum Gasteiger partial charge on any atom is -0.303 e. The molecule has 0 N–H and O–H groups in total. The summed E-state index contributed by atoms with van der Waals surface area (Å²) in [4.78, 5) is 10.5. The van der Waals surface area contributed by atoms with Crippen molar-refractivity contribution < 1.29 is 4.79 Å². The lowest BCUT2D eigenvalue weighted by Crippen LogP contribution is -1.98. The number of carbonyl (C=O) groups is 1. The third-order valence-corrected chi connectivity index (χ3v) is 3.48. The van der Waals surface area contributed by atoms with Crippen molar-refractivity contribution in [3.8, 4) is 0 Å². The van der Waals surface area contributed by atoms with Crippen molar-refractivity contribution in [2.75, 3.05) is 0 Å². The smallest absolute Gasteiger partial charge is 0.123 e. The number of hydrogen-bond donors (Lipinski definition) is 0. The van der Waals surface area contributed by atoms with Gasteiger partial charge >= 0.3 is 0 Å². The predicted molar refractivity (Wildman–Crippen MR) is 44.2 cm³/mol. The van der Waals surface area contributed by atoms with Crippen LogP contribution < -0.4 is 0 Å². The maximum Gasteiger partial charge on any atom is 0.123 e. The second-order valence-corrected chi connectivity index (χ2v) is 4.46. The molecule has 1 nitrogen and oxygen atoms in total. The summed E-state index contributed by atoms with van der Waals surface area (Å²) in [5.74, 6) is 3.15. The lowest BCUT2D eigenvalue weighted by atomic mass is 10.0. The van der Waals surface area contributed by atoms with Gasteiger partial charge in [0, 0.05) is 5.92 Å². The first kappa shape index (κ1) is 7.33. The van der Waals surface area contributed by atoms with Crippen LogP contribution in [0.25, 0.3) is 0 Å². The zero-order chi connectivity index (χ0) is 7.84. The van der Waals surface area contributed by atoms with Crippen molar-refractivity contribution >= 4 is 6.29 Å². The number of fused-ring (bicyclic) bond motifs is 1. The molecule has 0 amide bonds. The number of aldehydes is 1. The van der Waals surface area contributed by atoms with E-state index >= 15 is 0 Å². The average molecular weight is 152 g/mol. The molecular weight excluding hydrogens is 136 g/mol. The van der Waals surface area contributed by atoms with Gasteiger partial charge in [0.1, 0.15) is 6.29 Å². The van der Waals surface area contributed by atoms with E-state index in [0.717, 1.165) is 17.8 Å². The number of carbonyl (C=O) groups excluding carboxylic acids is 1. The Kier molecular flexibility index (Phi) is 1.74. The van der Waals surface area contributed by atoms with Crippen LogP contribution in [0.4, 0.5) is 0 Å². The van der Waals surface area contributed by atoms with Crippen LogP contribution in [0.2, 0.25) is 0 Å². The van der Waals surface area contributed by atoms with Crippen LogP contribution in [0.1, 0.15) is 32.6 Å². The first-order valence-corrected chi connectivity index (χ1v) is 4.75. The molecule has 0 aromatic carbocycles. The van der Waals surface area contributed by atoms with Gasteiger partial charge in [-0.25, -0.2) is 0 Å². The van der Waals surface area contributed by atoms with Gasteiger partial charge in [-0.15, -0.1) is 0 Å². The van der Waals surface area contributed by atoms with E-state index in [1.165, 1.54) is 32.0 Å². The van der Waals surface area contributed by atoms with Crippen LogP contribution in [0, 0.1) is 23.7 Å². The predicted octanol–water partition coefficient (Wildman–Crippen LogP) is 2.26. The molecular formula is C10H16O. The van der Waals surface area contributed by atoms with Gasteiger partial charge in [0.05, 0.1) is 0 Å². The molecule has 0 saturated heterocycles. The zero-order valence-corrected chi connectivity index (χ0v) is 7.12. The molecule has 0 bridgehead atoms. The van der Waals surface area contributed by atoms with E-state index in [2.05, 4.69) is 6.92 Å². The first-order valence-electron chi connectivity index (χ1n) is 4.75. The fraction of sp³-hybridized carbons (Fsp3) is 0.900. The van der Waals surface area contributed by atoms with Gasteiger partial charge in [-0.2, -0.15) is 0 Å². The molecule has 2 aliphatic carbocycles. The summed E-state index contributed by atoms with van der Waals surface area (Å²) in [7, 11) is 0. The molecule has 2 unspecified atom stereocenters. The Morgan fingerprint density at radius 2 is 1.64 bits per heavy atom. The van der Waals surface area contributed by atoms with Gasteiger partial charge in [0.25, 0.3) is 0 Å². The number of rotatable bonds is 1. The highest BCUT2D eigenvalue weighted by atomic mass is 16.1. The summed E-state index contributed by atoms with van der Waals surface area (Å²) in [5.41, 5.74) is 0. The van der Waals surface area contributed by atoms with Crippen LogP contribution >= 0.6 is 0 Å². The average Bonchev–Trinajstić information content (AvgIpc) is 2.43. The Bertz CT molecular complexity index is 150. The minimum atomic E-state index is 0.414. The maximum absolute atomic E-state index is 10.5. The molecule has 0 aromatic rings. The fourth-order valence-electron chi connectivity index (χ4n) is 3.08. The lowest BCUT2D eigenvalue weighted by Gasteiger charge is -2.04. The van der Waals surface area contributed by atoms with Crippen molar-refractivity contribution in [2.24, 2.45) is 23.7 Å². The molecule has 0 radical (unpaired) electrons. The highest BCUT2D eigenvalue weighted by Crippen LogP contribution is 2.48. The topological polar surface area (TPSA) is 17.1 Å². The third kappa shape index (κ3) is 1.21. The molecule has 11 heavy (non-hydrogen) atoms. The lowest BCUT2D eigenvalue weighted by molar-refractivity contribution is -0.111. The van der Waals surface area contributed by atoms with Crippen LogP contribution in [-0.2, 0) is 4.79 Å². The van der Waals surface area contributed by atoms with Gasteiger partial charge in [0.15, 0.2) is 0 Å². The molecule has 0 spiro atoms. The van der Waals surface area contributed by atoms with Gasteiger partial charge in [0.2, 0.25) is 0 Å². The molecule has 2 saturated carbocycles. The summed E-state index contributed by atoms with van der Waals surface area (Å²) in [5, 5.41) is 0. The summed E-state index contributed by atoms with van der Waals surface area (Å²) >= 11 is 0. The summed E-state index contributed by atoms with van der Waals surface area (Å²) in [6.45, 7) is 2.34. The molecule has 0 aliphatic heterocycles. The second kappa shape index (κ2) is 2.62. The Morgan fingerprint density at radius 3 is 2.09 bits per heavy atom. The Morgan fingerprint density at radius 1 is 1.09 bits per heavy atom. The van der Waals surface area contributed by atoms with Crippen molar-refractivity contribution in [1.82, 2.24) is 0 Å². The van der Waals surface area contributed by atoms with E-state index < -0.39 is 0 Å². The van der Waals surface area contributed by atoms with Crippen LogP contribution in [0.15, 0.2) is 0 Å². The minimum absolute atomic E-state index is 0.414. The third-order valence-electron chi connectivity index (χ3n) is 3.48. The molecule has 0 aromatic heterocycles. The molecule has 1 heteroatoms. The molecule has 62 valence electrons. The fourth-order valence-corrected chi connectivity index (χ4v) is 3.08. The molecule has 2 fully saturated rings. The molecule has 2 rings (SSSR count). The van der Waals surface area contributed by atoms with Crippen molar-refractivity contribution in [3.63, 3.8) is 0 Å². The van der Waals surface area contributed by atoms with E-state index in [1.54, 1.807) is 0 Å². The normalized spacial score (nSPS) is 49.2. The van der Waals surface area contributed by atoms with Gasteiger partial charge in [-0.3, -0.25) is 0 Å². The van der Waals surface area contributed by atoms with Crippen LogP contribution in [0.3, 0.4) is 0 Å². The molecule has 2 aliphatic rings. The molecule has 4 atom stereocenters. The van der Waals surface area contributed by atoms with E-state index in [-0.39, 0.29) is 0 Å². The van der Waals surface area contributed by atoms with Crippen molar-refractivity contribution in [2.45, 2.75) is 32.6 Å². The van der Waals surface area contributed by atoms with Crippen LogP contribution in [-0.4, -0.2) is 6.29 Å². The highest BCUT2D eigenvalue weighted by Gasteiger charge is 2.39. The SMILES string of the molecule is CC1C[C@@H]2CC(C=O)C[C@@H]2C1. The largest absolute Gasteiger partial charge is 0.303 e. The summed E-state index contributed by atoms with van der Waals surface area (Å²) in [6.07, 6.45) is 6.32. The van der Waals surface area contributed by atoms with Crippen LogP contribution in [0.5, 0.6) is 0 Å². The maximum atomic E-state index is 10.5. The van der Waals surface area contributed by atoms with E-state index in [0.29, 0.717) is 5.92 Å². The highest BCUT2D eigenvalue weighted by molar-refractivity contribution is 5.54. The summed E-state index contributed by atoms with van der Waals surface area (Å²) in [6, 6.07) is 0. The zero-order valence-electron chi connectivity index (χ0n) is 7.12.